The largest absolute Gasteiger partial charge is 0.326 e. The van der Waals surface area contributed by atoms with Gasteiger partial charge in [-0.15, -0.1) is 5.10 Å². The SMILES string of the molecule is Cc1c(C(=O)N2[C@H]3CCC[C@@H]2c2nn(C)c(-c4cc(F)c(F)c(F)c4)c2C3)c(F)nn1C. The summed E-state index contributed by atoms with van der Waals surface area (Å²) in [5.74, 6) is -5.31. The average Bonchev–Trinajstić information content (AvgIpc) is 3.19. The van der Waals surface area contributed by atoms with Gasteiger partial charge < -0.3 is 4.90 Å². The topological polar surface area (TPSA) is 56.0 Å². The van der Waals surface area contributed by atoms with Crippen molar-refractivity contribution in [3.63, 3.8) is 0 Å². The van der Waals surface area contributed by atoms with Gasteiger partial charge in [0, 0.05) is 31.3 Å². The first kappa shape index (κ1) is 20.7. The molecule has 32 heavy (non-hydrogen) atoms. The number of aromatic nitrogens is 4. The van der Waals surface area contributed by atoms with Gasteiger partial charge in [-0.2, -0.15) is 9.49 Å². The summed E-state index contributed by atoms with van der Waals surface area (Å²) < 4.78 is 58.6. The van der Waals surface area contributed by atoms with E-state index >= 15 is 0 Å². The third kappa shape index (κ3) is 2.88. The molecule has 6 nitrogen and oxygen atoms in total. The van der Waals surface area contributed by atoms with Crippen molar-refractivity contribution >= 4 is 5.91 Å². The second-order valence-corrected chi connectivity index (χ2v) is 8.48. The zero-order valence-electron chi connectivity index (χ0n) is 17.8. The van der Waals surface area contributed by atoms with Crippen LogP contribution in [0.25, 0.3) is 11.3 Å². The molecule has 2 atom stereocenters. The third-order valence-corrected chi connectivity index (χ3v) is 6.67. The number of fused-ring (bicyclic) bond motifs is 4. The van der Waals surface area contributed by atoms with Crippen LogP contribution >= 0.6 is 0 Å². The number of carbonyl (C=O) groups excluding carboxylic acids is 1. The minimum absolute atomic E-state index is 0.0494. The fraction of sp³-hybridized carbons (Fsp3) is 0.409. The molecule has 1 amide bonds. The first-order valence-electron chi connectivity index (χ1n) is 10.4. The van der Waals surface area contributed by atoms with E-state index in [1.54, 1.807) is 25.9 Å². The Kier molecular flexibility index (Phi) is 4.65. The number of amides is 1. The number of aryl methyl sites for hydroxylation is 2. The molecule has 1 saturated heterocycles. The fourth-order valence-corrected chi connectivity index (χ4v) is 5.14. The number of hydrogen-bond donors (Lipinski definition) is 0. The van der Waals surface area contributed by atoms with Gasteiger partial charge in [0.25, 0.3) is 5.91 Å². The van der Waals surface area contributed by atoms with E-state index in [-0.39, 0.29) is 23.2 Å². The molecule has 0 unspecified atom stereocenters. The van der Waals surface area contributed by atoms with Crippen LogP contribution in [0.4, 0.5) is 17.6 Å². The molecule has 0 aliphatic carbocycles. The number of nitrogens with zero attached hydrogens (tertiary/aromatic N) is 5. The second kappa shape index (κ2) is 7.18. The molecule has 2 bridgehead atoms. The van der Waals surface area contributed by atoms with Crippen molar-refractivity contribution in [1.82, 2.24) is 24.5 Å². The molecule has 1 aromatic carbocycles. The molecule has 0 spiro atoms. The van der Waals surface area contributed by atoms with Gasteiger partial charge in [0.05, 0.1) is 23.1 Å². The molecule has 4 heterocycles. The summed E-state index contributed by atoms with van der Waals surface area (Å²) in [7, 11) is 3.23. The molecular formula is C22H21F4N5O. The van der Waals surface area contributed by atoms with Crippen molar-refractivity contribution in [3.8, 4) is 11.3 Å². The summed E-state index contributed by atoms with van der Waals surface area (Å²) >= 11 is 0. The molecule has 168 valence electrons. The van der Waals surface area contributed by atoms with Gasteiger partial charge in [-0.3, -0.25) is 14.2 Å². The van der Waals surface area contributed by atoms with E-state index in [4.69, 9.17) is 0 Å². The van der Waals surface area contributed by atoms with Crippen LogP contribution in [0.1, 0.15) is 52.6 Å². The van der Waals surface area contributed by atoms with Crippen LogP contribution in [0.3, 0.4) is 0 Å². The van der Waals surface area contributed by atoms with E-state index in [0.29, 0.717) is 36.3 Å². The molecule has 0 radical (unpaired) electrons. The maximum atomic E-state index is 14.4. The summed E-state index contributed by atoms with van der Waals surface area (Å²) in [6, 6.07) is 1.30. The van der Waals surface area contributed by atoms with Crippen molar-refractivity contribution in [1.29, 1.82) is 0 Å². The maximum absolute atomic E-state index is 14.4. The summed E-state index contributed by atoms with van der Waals surface area (Å²) in [6.45, 7) is 1.64. The maximum Gasteiger partial charge on any atom is 0.261 e. The van der Waals surface area contributed by atoms with Crippen LogP contribution in [0, 0.1) is 30.3 Å². The van der Waals surface area contributed by atoms with E-state index in [1.165, 1.54) is 9.36 Å². The molecule has 3 aromatic rings. The van der Waals surface area contributed by atoms with Gasteiger partial charge in [-0.05, 0) is 44.7 Å². The number of halogens is 4. The Hall–Kier alpha value is -3.17. The normalized spacial score (nSPS) is 19.9. The van der Waals surface area contributed by atoms with Gasteiger partial charge in [0.1, 0.15) is 5.56 Å². The van der Waals surface area contributed by atoms with Crippen LogP contribution in [0.5, 0.6) is 0 Å². The van der Waals surface area contributed by atoms with Gasteiger partial charge in [-0.25, -0.2) is 13.2 Å². The summed E-state index contributed by atoms with van der Waals surface area (Å²) in [5, 5.41) is 8.30. The third-order valence-electron chi connectivity index (χ3n) is 6.67. The summed E-state index contributed by atoms with van der Waals surface area (Å²) in [4.78, 5) is 15.1. The van der Waals surface area contributed by atoms with Crippen LogP contribution in [0.15, 0.2) is 12.1 Å². The number of piperidine rings is 1. The van der Waals surface area contributed by atoms with Gasteiger partial charge in [-0.1, -0.05) is 0 Å². The molecular weight excluding hydrogens is 426 g/mol. The molecule has 5 rings (SSSR count). The monoisotopic (exact) mass is 447 g/mol. The molecule has 10 heteroatoms. The Labute approximate surface area is 181 Å². The van der Waals surface area contributed by atoms with E-state index in [2.05, 4.69) is 10.2 Å². The smallest absolute Gasteiger partial charge is 0.261 e. The van der Waals surface area contributed by atoms with Crippen LogP contribution in [0.2, 0.25) is 0 Å². The fourth-order valence-electron chi connectivity index (χ4n) is 5.14. The highest BCUT2D eigenvalue weighted by Crippen LogP contribution is 2.45. The predicted octanol–water partition coefficient (Wildman–Crippen LogP) is 3.98. The number of hydrogen-bond acceptors (Lipinski definition) is 3. The van der Waals surface area contributed by atoms with Crippen molar-refractivity contribution in [2.45, 2.75) is 44.7 Å². The van der Waals surface area contributed by atoms with Crippen LogP contribution in [-0.2, 0) is 20.5 Å². The Morgan fingerprint density at radius 3 is 2.34 bits per heavy atom. The van der Waals surface area contributed by atoms with Crippen LogP contribution < -0.4 is 0 Å². The van der Waals surface area contributed by atoms with Crippen molar-refractivity contribution in [3.05, 3.63) is 58.0 Å². The Morgan fingerprint density at radius 2 is 1.72 bits per heavy atom. The zero-order chi connectivity index (χ0) is 22.9. The van der Waals surface area contributed by atoms with Gasteiger partial charge >= 0.3 is 0 Å². The Morgan fingerprint density at radius 1 is 1.03 bits per heavy atom. The van der Waals surface area contributed by atoms with E-state index in [1.807, 2.05) is 0 Å². The highest BCUT2D eigenvalue weighted by Gasteiger charge is 2.45. The Bertz CT molecular complexity index is 1240. The number of carbonyl (C=O) groups is 1. The number of benzene rings is 1. The first-order valence-corrected chi connectivity index (χ1v) is 10.4. The molecule has 2 aliphatic heterocycles. The first-order chi connectivity index (χ1) is 15.2. The van der Waals surface area contributed by atoms with Crippen molar-refractivity contribution in [2.75, 3.05) is 0 Å². The molecule has 2 aromatic heterocycles. The lowest BCUT2D eigenvalue weighted by molar-refractivity contribution is 0.0386. The van der Waals surface area contributed by atoms with Crippen molar-refractivity contribution < 1.29 is 22.4 Å². The molecule has 0 N–H and O–H groups in total. The highest BCUT2D eigenvalue weighted by molar-refractivity contribution is 5.96. The lowest BCUT2D eigenvalue weighted by Crippen LogP contribution is -2.50. The summed E-state index contributed by atoms with van der Waals surface area (Å²) in [5.41, 5.74) is 2.47. The second-order valence-electron chi connectivity index (χ2n) is 8.48. The minimum atomic E-state index is -1.52. The highest BCUT2D eigenvalue weighted by atomic mass is 19.2. The molecule has 1 fully saturated rings. The quantitative estimate of drug-likeness (QED) is 0.441. The van der Waals surface area contributed by atoms with Gasteiger partial charge in [0.15, 0.2) is 17.5 Å². The van der Waals surface area contributed by atoms with E-state index in [0.717, 1.165) is 24.1 Å². The molecule has 2 aliphatic rings. The standard InChI is InChI=1S/C22H21F4N5O/c1-10-17(21(26)28-29(10)2)22(32)31-12-5-4-6-16(31)19-13(9-12)20(30(3)27-19)11-7-14(23)18(25)15(24)8-11/h7-8,12,16H,4-6,9H2,1-3H3/t12-,16+/m0/s1. The predicted molar refractivity (Wildman–Crippen MR) is 107 cm³/mol. The summed E-state index contributed by atoms with van der Waals surface area (Å²) in [6.07, 6.45) is 2.63. The van der Waals surface area contributed by atoms with Gasteiger partial charge in [0.2, 0.25) is 5.95 Å². The van der Waals surface area contributed by atoms with Crippen LogP contribution in [-0.4, -0.2) is 36.4 Å². The van der Waals surface area contributed by atoms with Crippen molar-refractivity contribution in [2.24, 2.45) is 14.1 Å². The average molecular weight is 447 g/mol. The Balaban J connectivity index is 1.61. The lowest BCUT2D eigenvalue weighted by Gasteiger charge is -2.45. The van der Waals surface area contributed by atoms with E-state index < -0.39 is 29.3 Å². The van der Waals surface area contributed by atoms with E-state index in [9.17, 15) is 22.4 Å². The minimum Gasteiger partial charge on any atom is -0.326 e. The zero-order valence-corrected chi connectivity index (χ0v) is 17.8. The molecule has 0 saturated carbocycles. The lowest BCUT2D eigenvalue weighted by atomic mass is 9.81. The number of rotatable bonds is 2.